The predicted octanol–water partition coefficient (Wildman–Crippen LogP) is 17.2. The van der Waals surface area contributed by atoms with Crippen LogP contribution in [0, 0.1) is 6.92 Å². The number of anilines is 4. The average molecular weight is 1840 g/mol. The number of H-pyrrole nitrogens is 2. The molecule has 12 heterocycles. The van der Waals surface area contributed by atoms with E-state index in [1.54, 1.807) is 43.0 Å². The van der Waals surface area contributed by atoms with E-state index in [0.29, 0.717) is 124 Å². The molecule has 0 bridgehead atoms. The number of nitrogens with two attached hydrogens (primary N) is 4. The van der Waals surface area contributed by atoms with Gasteiger partial charge in [-0.25, -0.2) is 68.6 Å². The van der Waals surface area contributed by atoms with Crippen molar-refractivity contribution in [3.05, 3.63) is 276 Å². The number of nitrogens with one attached hydrogen (secondary N) is 6. The lowest BCUT2D eigenvalue weighted by Crippen LogP contribution is -2.23. The van der Waals surface area contributed by atoms with Gasteiger partial charge in [-0.2, -0.15) is 25.5 Å². The monoisotopic (exact) mass is 1830 g/mol. The SMILES string of the molecule is Cc1cc2[nH]ncc2cc1C(=O)NCc1ccc(-c2nn(C3CCCC3)c3ncnc(N)c23)nc1.Nc1ncnc2c1c(-c1ccc(CNC(=O)c3cccc4[nH]cnc34)cc1)nn2C1CCCC1.Nc1ncnc2c1c(-c1ccc(CNC(=O)c3cccc4ccccc34)cc1)nn2C1CCCC1.Nc1ncnc2c1c(-c1ccc(CNC(=O)c3cccc4ocnc34)cc1)nn2C1CCCC1. The number of para-hydroxylation sites is 2. The zero-order valence-corrected chi connectivity index (χ0v) is 75.6. The fourth-order valence-corrected chi connectivity index (χ4v) is 19.5. The highest BCUT2D eigenvalue weighted by Gasteiger charge is 2.31. The second-order valence-corrected chi connectivity index (χ2v) is 35.4. The molecule has 24 rings (SSSR count). The van der Waals surface area contributed by atoms with Crippen LogP contribution in [0.25, 0.3) is 133 Å². The molecule has 690 valence electrons. The van der Waals surface area contributed by atoms with Gasteiger partial charge in [0.25, 0.3) is 23.6 Å². The number of nitrogens with zero attached hydrogens (tertiary/aromatic N) is 20. The third kappa shape index (κ3) is 17.6. The van der Waals surface area contributed by atoms with Crippen LogP contribution in [-0.4, -0.2) is 133 Å². The lowest BCUT2D eigenvalue weighted by atomic mass is 10.0. The molecule has 4 saturated carbocycles. The molecular weight excluding hydrogens is 1740 g/mol. The van der Waals surface area contributed by atoms with Gasteiger partial charge < -0.3 is 53.6 Å². The van der Waals surface area contributed by atoms with Crippen LogP contribution in [0.1, 0.15) is 196 Å². The number of rotatable bonds is 20. The predicted molar refractivity (Wildman–Crippen MR) is 528 cm³/mol. The zero-order chi connectivity index (χ0) is 93.9. The molecule has 4 amide bonds. The van der Waals surface area contributed by atoms with Gasteiger partial charge in [0.05, 0.1) is 86.1 Å². The normalized spacial score (nSPS) is 14.2. The van der Waals surface area contributed by atoms with Crippen molar-refractivity contribution in [3.63, 3.8) is 0 Å². The first-order valence-electron chi connectivity index (χ1n) is 46.6. The van der Waals surface area contributed by atoms with Crippen LogP contribution in [0.15, 0.2) is 231 Å². The van der Waals surface area contributed by atoms with Crippen molar-refractivity contribution in [2.24, 2.45) is 0 Å². The van der Waals surface area contributed by atoms with Crippen molar-refractivity contribution in [2.75, 3.05) is 22.9 Å². The minimum absolute atomic E-state index is 0.0860. The number of hydrogen-bond acceptors (Lipinski definition) is 25. The van der Waals surface area contributed by atoms with Crippen molar-refractivity contribution in [1.29, 1.82) is 0 Å². The van der Waals surface area contributed by atoms with E-state index in [0.717, 1.165) is 184 Å². The van der Waals surface area contributed by atoms with E-state index in [2.05, 4.69) is 91.3 Å². The molecule has 4 fully saturated rings. The van der Waals surface area contributed by atoms with Crippen LogP contribution in [0.3, 0.4) is 0 Å². The third-order valence-corrected chi connectivity index (χ3v) is 26.7. The molecule has 20 aromatic rings. The van der Waals surface area contributed by atoms with Gasteiger partial charge in [0.15, 0.2) is 34.6 Å². The molecule has 0 radical (unpaired) electrons. The quantitative estimate of drug-likeness (QED) is 0.0339. The first-order chi connectivity index (χ1) is 67.6. The number of oxazole rings is 1. The fraction of sp³-hybridized carbons (Fsp3) is 0.243. The highest BCUT2D eigenvalue weighted by molar-refractivity contribution is 6.09. The molecule has 0 saturated heterocycles. The summed E-state index contributed by atoms with van der Waals surface area (Å²) in [5.41, 5.74) is 45.3. The number of carbonyl (C=O) groups is 4. The van der Waals surface area contributed by atoms with Crippen LogP contribution < -0.4 is 44.2 Å². The topological polar surface area (TPSA) is 491 Å². The second-order valence-electron chi connectivity index (χ2n) is 35.4. The van der Waals surface area contributed by atoms with Gasteiger partial charge in [0.2, 0.25) is 0 Å². The number of aromatic nitrogens is 22. The molecule has 4 aliphatic carbocycles. The van der Waals surface area contributed by atoms with E-state index in [1.165, 1.54) is 83.1 Å². The molecule has 35 heteroatoms. The number of aryl methyl sites for hydroxylation is 1. The minimum atomic E-state index is -0.199. The maximum absolute atomic E-state index is 12.9. The van der Waals surface area contributed by atoms with E-state index in [-0.39, 0.29) is 23.6 Å². The van der Waals surface area contributed by atoms with Gasteiger partial charge in [-0.15, -0.1) is 0 Å². The summed E-state index contributed by atoms with van der Waals surface area (Å²) in [6, 6.07) is 57.5. The van der Waals surface area contributed by atoms with Gasteiger partial charge in [-0.05, 0) is 145 Å². The van der Waals surface area contributed by atoms with Crippen LogP contribution in [0.4, 0.5) is 23.3 Å². The smallest absolute Gasteiger partial charge is 0.253 e. The molecule has 0 unspecified atom stereocenters. The summed E-state index contributed by atoms with van der Waals surface area (Å²) in [6.07, 6.45) is 30.8. The van der Waals surface area contributed by atoms with Crippen molar-refractivity contribution >= 4 is 135 Å². The highest BCUT2D eigenvalue weighted by atomic mass is 16.3. The van der Waals surface area contributed by atoms with Crippen molar-refractivity contribution in [1.82, 2.24) is 130 Å². The highest BCUT2D eigenvalue weighted by Crippen LogP contribution is 2.43. The summed E-state index contributed by atoms with van der Waals surface area (Å²) >= 11 is 0. The summed E-state index contributed by atoms with van der Waals surface area (Å²) in [5, 5.41) is 44.6. The standard InChI is InChI=1S/C28H26N6O.C25H25N9O.C25H24N8O.C25H23N7O2/c29-26-24-25(33-34(21-8-2-3-9-21)27(24)32-17-31-26)20-14-12-18(13-15-20)16-30-28(35)23-11-5-7-19-6-1-4-10-22(19)23;1-14-8-20-16(12-31-32-20)9-18(14)25(35)28-11-15-6-7-19(27-10-15)22-21-23(26)29-13-30-24(21)34(33-22)17-4-2-3-5-17;26-23-20-21(32-33(17-4-1-2-5-17)24(20)31-14-30-23)16-10-8-15(9-11-16)12-27-25(34)18-6-3-7-19-22(18)29-13-28-19;26-23-20-21(31-32(17-4-1-2-5-17)24(20)29-13-28-23)16-10-8-15(9-11-16)12-27-25(33)18-6-3-7-19-22(18)30-14-34-19/h1,4-7,10-15,17,21H,2-3,8-9,16H2,(H,30,35)(H2,29,31,32);6-10,12-13,17H,2-5,11H2,1H3,(H,28,35)(H,31,32)(H2,26,29,30);3,6-11,13-14,17H,1-2,4-5,12H2,(H,27,34)(H,28,29)(H2,26,30,31);3,6-11,13-14,17H,1-2,4-5,12H2,(H,27,33)(H2,26,28,29). The Balaban J connectivity index is 0.000000110. The van der Waals surface area contributed by atoms with Crippen molar-refractivity contribution in [2.45, 2.75) is 160 Å². The lowest BCUT2D eigenvalue weighted by molar-refractivity contribution is 0.0942. The Morgan fingerprint density at radius 3 is 1.24 bits per heavy atom. The molecule has 0 aliphatic heterocycles. The molecule has 14 N–H and O–H groups in total. The number of fused-ring (bicyclic) bond motifs is 8. The number of amides is 4. The fourth-order valence-electron chi connectivity index (χ4n) is 19.5. The van der Waals surface area contributed by atoms with E-state index >= 15 is 0 Å². The van der Waals surface area contributed by atoms with Gasteiger partial charge in [0.1, 0.15) is 82.4 Å². The Kier molecular flexibility index (Phi) is 24.4. The zero-order valence-electron chi connectivity index (χ0n) is 75.6. The maximum Gasteiger partial charge on any atom is 0.253 e. The van der Waals surface area contributed by atoms with Crippen LogP contribution in [0.5, 0.6) is 0 Å². The Morgan fingerprint density at radius 2 is 0.768 bits per heavy atom. The van der Waals surface area contributed by atoms with Crippen LogP contribution >= 0.6 is 0 Å². The molecule has 35 nitrogen and oxygen atoms in total. The van der Waals surface area contributed by atoms with Gasteiger partial charge in [0, 0.05) is 65.6 Å². The van der Waals surface area contributed by atoms with Gasteiger partial charge in [-0.3, -0.25) is 29.3 Å². The van der Waals surface area contributed by atoms with Gasteiger partial charge in [-0.1, -0.05) is 179 Å². The second kappa shape index (κ2) is 38.4. The first kappa shape index (κ1) is 87.5. The number of benzene rings is 8. The molecule has 0 spiro atoms. The molecule has 138 heavy (non-hydrogen) atoms. The number of pyridine rings is 1. The maximum atomic E-state index is 12.9. The summed E-state index contributed by atoms with van der Waals surface area (Å²) in [7, 11) is 0. The Hall–Kier alpha value is -17.1. The summed E-state index contributed by atoms with van der Waals surface area (Å²) in [6.45, 7) is 3.50. The minimum Gasteiger partial charge on any atom is -0.443 e. The number of nitrogen functional groups attached to an aromatic ring is 4. The average Bonchev–Trinajstić information content (AvgIpc) is 1.62. The van der Waals surface area contributed by atoms with Gasteiger partial charge >= 0.3 is 0 Å². The number of carbonyl (C=O) groups excluding carboxylic acids is 4. The summed E-state index contributed by atoms with van der Waals surface area (Å²) in [4.78, 5) is 102. The summed E-state index contributed by atoms with van der Waals surface area (Å²) < 4.78 is 13.4. The van der Waals surface area contributed by atoms with E-state index in [1.807, 2.05) is 177 Å². The molecule has 0 atom stereocenters. The number of hydrogen-bond donors (Lipinski definition) is 10. The Bertz CT molecular complexity index is 7700. The van der Waals surface area contributed by atoms with E-state index < -0.39 is 0 Å². The Morgan fingerprint density at radius 1 is 0.370 bits per heavy atom. The lowest BCUT2D eigenvalue weighted by Gasteiger charge is -2.10. The molecule has 12 aromatic heterocycles. The van der Waals surface area contributed by atoms with Crippen molar-refractivity contribution in [3.8, 4) is 45.2 Å². The third-order valence-electron chi connectivity index (χ3n) is 26.7. The Labute approximate surface area is 789 Å². The number of aromatic amines is 2. The summed E-state index contributed by atoms with van der Waals surface area (Å²) in [5.74, 6) is 1.13. The van der Waals surface area contributed by atoms with Crippen LogP contribution in [0.2, 0.25) is 0 Å². The molecular formula is C103H98N30O5. The van der Waals surface area contributed by atoms with E-state index in [4.69, 9.17) is 47.7 Å². The molecule has 4 aliphatic rings. The van der Waals surface area contributed by atoms with Crippen LogP contribution in [-0.2, 0) is 26.2 Å². The van der Waals surface area contributed by atoms with Crippen molar-refractivity contribution < 1.29 is 23.6 Å². The number of imidazole rings is 1. The van der Waals surface area contributed by atoms with E-state index in [9.17, 15) is 19.2 Å². The largest absolute Gasteiger partial charge is 0.443 e. The molecule has 8 aromatic carbocycles. The first-order valence-corrected chi connectivity index (χ1v) is 46.6.